The Morgan fingerprint density at radius 3 is 2.11 bits per heavy atom. The van der Waals surface area contributed by atoms with Crippen LogP contribution in [0.4, 0.5) is 24.5 Å². The molecule has 5 rings (SSSR count). The van der Waals surface area contributed by atoms with E-state index in [0.717, 1.165) is 27.8 Å². The number of methoxy groups -OCH3 is 1. The third-order valence-corrected chi connectivity index (χ3v) is 8.84. The Hall–Kier alpha value is -6.17. The SMILES string of the molecule is COc1ccc(CC(=O)Nc2ccc(C(=O)N(CC(=O)O)CC3=CCC(C(=O)N(C)c4ccc(-c5ccc(C)cc5)cc4)C=C3)cc2)c(C(F)(F)F)c1. The minimum Gasteiger partial charge on any atom is -0.497 e. The topological polar surface area (TPSA) is 116 Å². The van der Waals surface area contributed by atoms with Gasteiger partial charge in [-0.3, -0.25) is 19.2 Å². The number of anilines is 2. The number of nitrogens with one attached hydrogen (secondary N) is 1. The maximum absolute atomic E-state index is 13.6. The number of carbonyl (C=O) groups is 4. The Bertz CT molecular complexity index is 2040. The summed E-state index contributed by atoms with van der Waals surface area (Å²) in [7, 11) is 2.96. The minimum absolute atomic E-state index is 0.00795. The van der Waals surface area contributed by atoms with Gasteiger partial charge >= 0.3 is 12.1 Å². The van der Waals surface area contributed by atoms with Crippen molar-refractivity contribution in [3.63, 3.8) is 0 Å². The van der Waals surface area contributed by atoms with Crippen LogP contribution in [0.2, 0.25) is 0 Å². The molecule has 0 aromatic heterocycles. The number of aryl methyl sites for hydroxylation is 1. The highest BCUT2D eigenvalue weighted by Crippen LogP contribution is 2.35. The second-order valence-corrected chi connectivity index (χ2v) is 12.7. The molecule has 0 saturated heterocycles. The number of nitrogens with zero attached hydrogens (tertiary/aromatic N) is 2. The van der Waals surface area contributed by atoms with Gasteiger partial charge in [0.1, 0.15) is 12.3 Å². The molecule has 274 valence electrons. The van der Waals surface area contributed by atoms with Gasteiger partial charge in [0.05, 0.1) is 25.0 Å². The first kappa shape index (κ1) is 38.1. The standard InChI is InChI=1S/C41H38F3N3O6/c1-26-4-8-28(9-5-26)29-14-19-34(20-15-29)46(2)39(51)30-10-6-27(7-11-30)24-47(25-38(49)50)40(52)31-12-17-33(18-13-31)45-37(48)22-32-16-21-35(53-3)23-36(32)41(42,43)44/h4-10,12-21,23,30H,11,22,24-25H2,1-3H3,(H,45,48)(H,49,50). The molecule has 0 fully saturated rings. The molecule has 0 radical (unpaired) electrons. The van der Waals surface area contributed by atoms with Crippen molar-refractivity contribution in [3.8, 4) is 16.9 Å². The molecular formula is C41H38F3N3O6. The van der Waals surface area contributed by atoms with E-state index < -0.39 is 48.4 Å². The third kappa shape index (κ3) is 9.79. The normalized spacial score (nSPS) is 13.8. The second kappa shape index (κ2) is 16.4. The molecule has 1 aliphatic rings. The van der Waals surface area contributed by atoms with E-state index in [2.05, 4.69) is 5.32 Å². The van der Waals surface area contributed by atoms with Gasteiger partial charge in [-0.25, -0.2) is 0 Å². The molecule has 0 heterocycles. The lowest BCUT2D eigenvalue weighted by molar-refractivity contribution is -0.139. The van der Waals surface area contributed by atoms with Gasteiger partial charge in [0.15, 0.2) is 0 Å². The van der Waals surface area contributed by atoms with Gasteiger partial charge in [0, 0.05) is 30.5 Å². The van der Waals surface area contributed by atoms with Crippen LogP contribution in [0, 0.1) is 12.8 Å². The summed E-state index contributed by atoms with van der Waals surface area (Å²) in [5.41, 5.74) is 3.85. The fourth-order valence-electron chi connectivity index (χ4n) is 5.91. The number of hydrogen-bond acceptors (Lipinski definition) is 5. The highest BCUT2D eigenvalue weighted by atomic mass is 19.4. The number of benzene rings is 4. The van der Waals surface area contributed by atoms with Crippen LogP contribution in [0.25, 0.3) is 11.1 Å². The van der Waals surface area contributed by atoms with Crippen molar-refractivity contribution in [2.75, 3.05) is 37.5 Å². The van der Waals surface area contributed by atoms with Crippen molar-refractivity contribution in [1.82, 2.24) is 4.90 Å². The second-order valence-electron chi connectivity index (χ2n) is 12.7. The number of allylic oxidation sites excluding steroid dienone is 1. The molecule has 4 aromatic carbocycles. The highest BCUT2D eigenvalue weighted by Gasteiger charge is 2.34. The van der Waals surface area contributed by atoms with Crippen molar-refractivity contribution in [2.24, 2.45) is 5.92 Å². The zero-order valence-electron chi connectivity index (χ0n) is 29.3. The maximum atomic E-state index is 13.6. The Kier molecular flexibility index (Phi) is 11.8. The summed E-state index contributed by atoms with van der Waals surface area (Å²) < 4.78 is 45.6. The number of aliphatic carboxylic acids is 1. The van der Waals surface area contributed by atoms with E-state index in [-0.39, 0.29) is 35.0 Å². The average Bonchev–Trinajstić information content (AvgIpc) is 3.14. The molecule has 53 heavy (non-hydrogen) atoms. The summed E-state index contributed by atoms with van der Waals surface area (Å²) in [5, 5.41) is 12.1. The van der Waals surface area contributed by atoms with Crippen LogP contribution < -0.4 is 15.0 Å². The molecule has 1 atom stereocenters. The van der Waals surface area contributed by atoms with Crippen LogP contribution in [-0.2, 0) is 27.0 Å². The van der Waals surface area contributed by atoms with Gasteiger partial charge in [-0.1, -0.05) is 66.3 Å². The summed E-state index contributed by atoms with van der Waals surface area (Å²) >= 11 is 0. The smallest absolute Gasteiger partial charge is 0.416 e. The van der Waals surface area contributed by atoms with Crippen molar-refractivity contribution in [3.05, 3.63) is 137 Å². The fraction of sp³-hybridized carbons (Fsp3) is 0.220. The Morgan fingerprint density at radius 1 is 0.906 bits per heavy atom. The third-order valence-electron chi connectivity index (χ3n) is 8.84. The molecule has 0 spiro atoms. The number of ether oxygens (including phenoxy) is 1. The maximum Gasteiger partial charge on any atom is 0.416 e. The van der Waals surface area contributed by atoms with E-state index in [9.17, 15) is 37.5 Å². The number of carbonyl (C=O) groups excluding carboxylic acids is 3. The van der Waals surface area contributed by atoms with Crippen molar-refractivity contribution in [1.29, 1.82) is 0 Å². The first-order chi connectivity index (χ1) is 25.2. The quantitative estimate of drug-likeness (QED) is 0.156. The zero-order chi connectivity index (χ0) is 38.3. The first-order valence-corrected chi connectivity index (χ1v) is 16.7. The van der Waals surface area contributed by atoms with Gasteiger partial charge in [0.2, 0.25) is 11.8 Å². The molecule has 0 saturated carbocycles. The number of carboxylic acids is 1. The van der Waals surface area contributed by atoms with Crippen LogP contribution in [0.15, 0.2) is 115 Å². The number of halogens is 3. The number of alkyl halides is 3. The van der Waals surface area contributed by atoms with E-state index in [1.54, 1.807) is 24.1 Å². The van der Waals surface area contributed by atoms with E-state index in [4.69, 9.17) is 4.74 Å². The monoisotopic (exact) mass is 725 g/mol. The predicted molar refractivity (Wildman–Crippen MR) is 196 cm³/mol. The lowest BCUT2D eigenvalue weighted by Crippen LogP contribution is -2.37. The van der Waals surface area contributed by atoms with E-state index in [0.29, 0.717) is 12.0 Å². The van der Waals surface area contributed by atoms with Gasteiger partial charge in [-0.2, -0.15) is 13.2 Å². The molecular weight excluding hydrogens is 687 g/mol. The van der Waals surface area contributed by atoms with Crippen molar-refractivity contribution in [2.45, 2.75) is 25.9 Å². The van der Waals surface area contributed by atoms with E-state index in [1.807, 2.05) is 61.5 Å². The van der Waals surface area contributed by atoms with E-state index in [1.165, 1.54) is 49.1 Å². The Morgan fingerprint density at radius 2 is 1.55 bits per heavy atom. The number of carboxylic acid groups (broad SMARTS) is 1. The molecule has 1 aliphatic carbocycles. The van der Waals surface area contributed by atoms with E-state index >= 15 is 0 Å². The highest BCUT2D eigenvalue weighted by molar-refractivity contribution is 5.98. The summed E-state index contributed by atoms with van der Waals surface area (Å²) in [6.45, 7) is 1.41. The number of rotatable bonds is 12. The zero-order valence-corrected chi connectivity index (χ0v) is 29.3. The van der Waals surface area contributed by atoms with Crippen molar-refractivity contribution >= 4 is 35.1 Å². The lowest BCUT2D eigenvalue weighted by atomic mass is 9.94. The molecule has 9 nitrogen and oxygen atoms in total. The van der Waals surface area contributed by atoms with Gasteiger partial charge in [-0.05, 0) is 84.1 Å². The predicted octanol–water partition coefficient (Wildman–Crippen LogP) is 7.56. The van der Waals surface area contributed by atoms with Gasteiger partial charge < -0.3 is 25.0 Å². The minimum atomic E-state index is -4.69. The Labute approximate surface area is 305 Å². The van der Waals surface area contributed by atoms with Crippen LogP contribution in [0.1, 0.15) is 33.5 Å². The summed E-state index contributed by atoms with van der Waals surface area (Å²) in [6.07, 6.45) is 0.390. The summed E-state index contributed by atoms with van der Waals surface area (Å²) in [4.78, 5) is 53.8. The first-order valence-electron chi connectivity index (χ1n) is 16.7. The average molecular weight is 726 g/mol. The molecule has 3 amide bonds. The Balaban J connectivity index is 1.18. The van der Waals surface area contributed by atoms with Crippen LogP contribution in [-0.4, -0.2) is 60.9 Å². The van der Waals surface area contributed by atoms with Crippen LogP contribution >= 0.6 is 0 Å². The molecule has 1 unspecified atom stereocenters. The largest absolute Gasteiger partial charge is 0.497 e. The van der Waals surface area contributed by atoms with Crippen LogP contribution in [0.3, 0.4) is 0 Å². The number of amides is 3. The lowest BCUT2D eigenvalue weighted by Gasteiger charge is -2.26. The van der Waals surface area contributed by atoms with Gasteiger partial charge in [-0.15, -0.1) is 0 Å². The van der Waals surface area contributed by atoms with Gasteiger partial charge in [0.25, 0.3) is 5.91 Å². The van der Waals surface area contributed by atoms with Crippen molar-refractivity contribution < 1.29 is 42.2 Å². The number of hydrogen-bond donors (Lipinski definition) is 2. The van der Waals surface area contributed by atoms with Crippen LogP contribution in [0.5, 0.6) is 5.75 Å². The molecule has 0 bridgehead atoms. The molecule has 4 aromatic rings. The molecule has 0 aliphatic heterocycles. The molecule has 12 heteroatoms. The summed E-state index contributed by atoms with van der Waals surface area (Å²) in [6, 6.07) is 24.9. The summed E-state index contributed by atoms with van der Waals surface area (Å²) in [5.74, 6) is -3.07. The fourth-order valence-corrected chi connectivity index (χ4v) is 5.91. The molecule has 2 N–H and O–H groups in total.